The summed E-state index contributed by atoms with van der Waals surface area (Å²) in [6.45, 7) is 1.69. The van der Waals surface area contributed by atoms with Gasteiger partial charge in [-0.15, -0.1) is 0 Å². The predicted octanol–water partition coefficient (Wildman–Crippen LogP) is 5.30. The van der Waals surface area contributed by atoms with Crippen molar-refractivity contribution in [3.8, 4) is 17.6 Å². The number of nitrogens with zero attached hydrogens (tertiary/aromatic N) is 1. The normalized spacial score (nSPS) is 13.2. The first-order valence-corrected chi connectivity index (χ1v) is 7.51. The minimum Gasteiger partial charge on any atom is -0.456 e. The van der Waals surface area contributed by atoms with Crippen LogP contribution < -0.4 is 4.74 Å². The molecule has 2 rings (SSSR count). The largest absolute Gasteiger partial charge is 0.456 e. The Hall–Kier alpha value is -1.73. The molecule has 0 spiro atoms. The number of benzene rings is 2. The van der Waals surface area contributed by atoms with Crippen LogP contribution in [0.3, 0.4) is 0 Å². The van der Waals surface area contributed by atoms with Gasteiger partial charge in [0.15, 0.2) is 0 Å². The van der Waals surface area contributed by atoms with Crippen molar-refractivity contribution < 1.29 is 9.84 Å². The lowest BCUT2D eigenvalue weighted by Gasteiger charge is -2.22. The van der Waals surface area contributed by atoms with Gasteiger partial charge in [0, 0.05) is 11.4 Å². The third kappa shape index (κ3) is 4.14. The fraction of sp³-hybridized carbons (Fsp3) is 0.235. The molecular weight excluding hydrogens is 321 g/mol. The Balaban J connectivity index is 2.14. The molecule has 22 heavy (non-hydrogen) atoms. The summed E-state index contributed by atoms with van der Waals surface area (Å²) < 4.78 is 5.69. The highest BCUT2D eigenvalue weighted by molar-refractivity contribution is 6.35. The topological polar surface area (TPSA) is 53.2 Å². The molecule has 0 aliphatic rings. The second kappa shape index (κ2) is 7.02. The molecule has 0 fully saturated rings. The van der Waals surface area contributed by atoms with Crippen LogP contribution in [-0.4, -0.2) is 5.11 Å². The SMILES string of the molecule is CC(O)(CCC#N)c1ccc(Oc2ccc(Cl)cc2Cl)cc1. The average Bonchev–Trinajstić information content (AvgIpc) is 2.49. The van der Waals surface area contributed by atoms with E-state index in [-0.39, 0.29) is 0 Å². The van der Waals surface area contributed by atoms with Crippen LogP contribution in [0.1, 0.15) is 25.3 Å². The van der Waals surface area contributed by atoms with E-state index in [0.29, 0.717) is 34.4 Å². The third-order valence-electron chi connectivity index (χ3n) is 3.32. The van der Waals surface area contributed by atoms with E-state index in [4.69, 9.17) is 33.2 Å². The van der Waals surface area contributed by atoms with E-state index in [2.05, 4.69) is 0 Å². The van der Waals surface area contributed by atoms with Crippen molar-refractivity contribution in [2.75, 3.05) is 0 Å². The molecule has 5 heteroatoms. The maximum Gasteiger partial charge on any atom is 0.146 e. The van der Waals surface area contributed by atoms with Crippen LogP contribution >= 0.6 is 23.2 Å². The van der Waals surface area contributed by atoms with Gasteiger partial charge in [-0.1, -0.05) is 35.3 Å². The minimum absolute atomic E-state index is 0.297. The minimum atomic E-state index is -1.04. The van der Waals surface area contributed by atoms with Gasteiger partial charge in [0.25, 0.3) is 0 Å². The van der Waals surface area contributed by atoms with Crippen molar-refractivity contribution in [2.45, 2.75) is 25.4 Å². The highest BCUT2D eigenvalue weighted by Gasteiger charge is 2.22. The maximum atomic E-state index is 10.3. The standard InChI is InChI=1S/C17H15Cl2NO2/c1-17(21,9-2-10-20)12-3-6-14(7-4-12)22-16-8-5-13(18)11-15(16)19/h3-8,11,21H,2,9H2,1H3. The first-order chi connectivity index (χ1) is 10.4. The lowest BCUT2D eigenvalue weighted by atomic mass is 9.91. The van der Waals surface area contributed by atoms with Gasteiger partial charge < -0.3 is 9.84 Å². The number of hydrogen-bond acceptors (Lipinski definition) is 3. The number of hydrogen-bond donors (Lipinski definition) is 1. The molecule has 1 atom stereocenters. The van der Waals surface area contributed by atoms with Crippen molar-refractivity contribution in [3.05, 3.63) is 58.1 Å². The van der Waals surface area contributed by atoms with Crippen LogP contribution in [0.5, 0.6) is 11.5 Å². The molecule has 114 valence electrons. The van der Waals surface area contributed by atoms with Crippen LogP contribution in [0, 0.1) is 11.3 Å². The van der Waals surface area contributed by atoms with Gasteiger partial charge in [-0.25, -0.2) is 0 Å². The van der Waals surface area contributed by atoms with Crippen molar-refractivity contribution in [1.29, 1.82) is 5.26 Å². The molecule has 0 aliphatic carbocycles. The van der Waals surface area contributed by atoms with Crippen molar-refractivity contribution in [2.24, 2.45) is 0 Å². The molecule has 0 saturated carbocycles. The van der Waals surface area contributed by atoms with Gasteiger partial charge in [0.05, 0.1) is 16.7 Å². The van der Waals surface area contributed by atoms with E-state index >= 15 is 0 Å². The van der Waals surface area contributed by atoms with E-state index in [0.717, 1.165) is 5.56 Å². The number of ether oxygens (including phenoxy) is 1. The molecule has 0 heterocycles. The fourth-order valence-electron chi connectivity index (χ4n) is 2.01. The highest BCUT2D eigenvalue weighted by Crippen LogP contribution is 2.33. The van der Waals surface area contributed by atoms with Crippen LogP contribution in [0.2, 0.25) is 10.0 Å². The zero-order valence-electron chi connectivity index (χ0n) is 12.0. The van der Waals surface area contributed by atoms with Crippen LogP contribution in [0.4, 0.5) is 0 Å². The Morgan fingerprint density at radius 1 is 1.18 bits per heavy atom. The molecule has 0 amide bonds. The lowest BCUT2D eigenvalue weighted by molar-refractivity contribution is 0.0492. The number of nitriles is 1. The summed E-state index contributed by atoms with van der Waals surface area (Å²) in [5.74, 6) is 1.11. The van der Waals surface area contributed by atoms with Gasteiger partial charge in [-0.3, -0.25) is 0 Å². The Labute approximate surface area is 139 Å². The molecule has 0 radical (unpaired) electrons. The first kappa shape index (κ1) is 16.6. The van der Waals surface area contributed by atoms with E-state index in [9.17, 15) is 5.11 Å². The summed E-state index contributed by atoms with van der Waals surface area (Å²) in [6, 6.07) is 14.1. The number of halogens is 2. The fourth-order valence-corrected chi connectivity index (χ4v) is 2.46. The smallest absolute Gasteiger partial charge is 0.146 e. The Morgan fingerprint density at radius 2 is 1.86 bits per heavy atom. The van der Waals surface area contributed by atoms with Crippen molar-refractivity contribution >= 4 is 23.2 Å². The molecule has 0 aromatic heterocycles. The van der Waals surface area contributed by atoms with Gasteiger partial charge in [0.1, 0.15) is 11.5 Å². The summed E-state index contributed by atoms with van der Waals surface area (Å²) in [5.41, 5.74) is -0.302. The monoisotopic (exact) mass is 335 g/mol. The quantitative estimate of drug-likeness (QED) is 0.806. The second-order valence-electron chi connectivity index (χ2n) is 5.13. The Bertz CT molecular complexity index is 691. The third-order valence-corrected chi connectivity index (χ3v) is 3.85. The van der Waals surface area contributed by atoms with Gasteiger partial charge in [-0.2, -0.15) is 5.26 Å². The van der Waals surface area contributed by atoms with Crippen LogP contribution in [0.15, 0.2) is 42.5 Å². The van der Waals surface area contributed by atoms with E-state index in [1.807, 2.05) is 6.07 Å². The van der Waals surface area contributed by atoms with Gasteiger partial charge >= 0.3 is 0 Å². The zero-order chi connectivity index (χ0) is 16.2. The highest BCUT2D eigenvalue weighted by atomic mass is 35.5. The first-order valence-electron chi connectivity index (χ1n) is 6.75. The molecule has 2 aromatic rings. The van der Waals surface area contributed by atoms with E-state index in [1.54, 1.807) is 49.4 Å². The molecule has 0 saturated heterocycles. The molecule has 0 aliphatic heterocycles. The summed E-state index contributed by atoms with van der Waals surface area (Å²) in [4.78, 5) is 0. The van der Waals surface area contributed by atoms with Crippen LogP contribution in [0.25, 0.3) is 0 Å². The Kier molecular flexibility index (Phi) is 5.31. The molecule has 1 unspecified atom stereocenters. The zero-order valence-corrected chi connectivity index (χ0v) is 13.5. The summed E-state index contributed by atoms with van der Waals surface area (Å²) in [6.07, 6.45) is 0.679. The van der Waals surface area contributed by atoms with E-state index in [1.165, 1.54) is 0 Å². The van der Waals surface area contributed by atoms with E-state index < -0.39 is 5.60 Å². The second-order valence-corrected chi connectivity index (χ2v) is 5.98. The van der Waals surface area contributed by atoms with Crippen molar-refractivity contribution in [1.82, 2.24) is 0 Å². The Morgan fingerprint density at radius 3 is 2.45 bits per heavy atom. The number of aliphatic hydroxyl groups is 1. The van der Waals surface area contributed by atoms with Gasteiger partial charge in [-0.05, 0) is 49.2 Å². The maximum absolute atomic E-state index is 10.3. The predicted molar refractivity (Wildman–Crippen MR) is 87.4 cm³/mol. The molecule has 0 bridgehead atoms. The molecule has 3 nitrogen and oxygen atoms in total. The van der Waals surface area contributed by atoms with Crippen molar-refractivity contribution in [3.63, 3.8) is 0 Å². The molecule has 2 aromatic carbocycles. The summed E-state index contributed by atoms with van der Waals surface area (Å²) in [5, 5.41) is 19.9. The van der Waals surface area contributed by atoms with Crippen LogP contribution in [-0.2, 0) is 5.60 Å². The molecule has 1 N–H and O–H groups in total. The molecular formula is C17H15Cl2NO2. The number of rotatable bonds is 5. The lowest BCUT2D eigenvalue weighted by Crippen LogP contribution is -2.20. The summed E-state index contributed by atoms with van der Waals surface area (Å²) >= 11 is 11.9. The van der Waals surface area contributed by atoms with Gasteiger partial charge in [0.2, 0.25) is 0 Å². The summed E-state index contributed by atoms with van der Waals surface area (Å²) in [7, 11) is 0. The average molecular weight is 336 g/mol.